The number of carbonyl (C=O) groups is 2. The molecular formula is C15H17FN2O2. The maximum atomic E-state index is 13.5. The van der Waals surface area contributed by atoms with Gasteiger partial charge in [-0.2, -0.15) is 0 Å². The van der Waals surface area contributed by atoms with Gasteiger partial charge in [0.2, 0.25) is 11.8 Å². The van der Waals surface area contributed by atoms with Crippen LogP contribution in [0.25, 0.3) is 0 Å². The number of anilines is 1. The van der Waals surface area contributed by atoms with Crippen LogP contribution in [0.2, 0.25) is 0 Å². The molecule has 0 saturated carbocycles. The first-order chi connectivity index (χ1) is 9.56. The lowest BCUT2D eigenvalue weighted by Gasteiger charge is -2.25. The summed E-state index contributed by atoms with van der Waals surface area (Å²) in [7, 11) is 0. The highest BCUT2D eigenvalue weighted by Crippen LogP contribution is 2.27. The molecule has 0 radical (unpaired) electrons. The van der Waals surface area contributed by atoms with Gasteiger partial charge < -0.3 is 9.80 Å². The van der Waals surface area contributed by atoms with E-state index in [9.17, 15) is 14.0 Å². The van der Waals surface area contributed by atoms with Gasteiger partial charge in [0.05, 0.1) is 0 Å². The third kappa shape index (κ3) is 2.17. The summed E-state index contributed by atoms with van der Waals surface area (Å²) in [5.41, 5.74) is 1.32. The molecule has 2 aliphatic rings. The monoisotopic (exact) mass is 276 g/mol. The van der Waals surface area contributed by atoms with Gasteiger partial charge in [0.25, 0.3) is 0 Å². The largest absolute Gasteiger partial charge is 0.331 e. The normalized spacial score (nSPS) is 23.0. The van der Waals surface area contributed by atoms with Crippen LogP contribution in [0, 0.1) is 12.7 Å². The summed E-state index contributed by atoms with van der Waals surface area (Å²) in [4.78, 5) is 27.9. The molecule has 3 rings (SSSR count). The molecule has 1 aromatic rings. The Morgan fingerprint density at radius 1 is 1.20 bits per heavy atom. The lowest BCUT2D eigenvalue weighted by Crippen LogP contribution is -2.43. The third-order valence-corrected chi connectivity index (χ3v) is 4.01. The van der Waals surface area contributed by atoms with Gasteiger partial charge in [-0.1, -0.05) is 0 Å². The fourth-order valence-corrected chi connectivity index (χ4v) is 3.09. The molecule has 1 unspecified atom stereocenters. The molecule has 4 nitrogen and oxygen atoms in total. The van der Waals surface area contributed by atoms with Crippen LogP contribution in [0.15, 0.2) is 18.2 Å². The predicted molar refractivity (Wildman–Crippen MR) is 72.8 cm³/mol. The van der Waals surface area contributed by atoms with Gasteiger partial charge in [-0.15, -0.1) is 0 Å². The zero-order valence-corrected chi connectivity index (χ0v) is 11.4. The average molecular weight is 276 g/mol. The number of rotatable bonds is 1. The molecule has 20 heavy (non-hydrogen) atoms. The van der Waals surface area contributed by atoms with Crippen molar-refractivity contribution in [3.05, 3.63) is 29.6 Å². The Balaban J connectivity index is 1.96. The van der Waals surface area contributed by atoms with Gasteiger partial charge >= 0.3 is 0 Å². The van der Waals surface area contributed by atoms with E-state index in [2.05, 4.69) is 0 Å². The van der Waals surface area contributed by atoms with Crippen molar-refractivity contribution >= 4 is 17.5 Å². The van der Waals surface area contributed by atoms with Crippen LogP contribution in [0.4, 0.5) is 10.1 Å². The van der Waals surface area contributed by atoms with Crippen molar-refractivity contribution in [2.24, 2.45) is 0 Å². The number of nitrogens with zero attached hydrogens (tertiary/aromatic N) is 2. The SMILES string of the molecule is Cc1cc(F)cc(N2CCC(=O)N3CCCC3C2=O)c1. The second-order valence-electron chi connectivity index (χ2n) is 5.47. The Kier molecular flexibility index (Phi) is 3.20. The molecule has 2 fully saturated rings. The van der Waals surface area contributed by atoms with E-state index in [4.69, 9.17) is 0 Å². The molecule has 1 atom stereocenters. The number of amides is 2. The predicted octanol–water partition coefficient (Wildman–Crippen LogP) is 1.86. The number of aryl methyl sites for hydroxylation is 1. The van der Waals surface area contributed by atoms with E-state index in [0.717, 1.165) is 12.0 Å². The van der Waals surface area contributed by atoms with Crippen molar-refractivity contribution < 1.29 is 14.0 Å². The summed E-state index contributed by atoms with van der Waals surface area (Å²) < 4.78 is 13.5. The summed E-state index contributed by atoms with van der Waals surface area (Å²) in [6.45, 7) is 2.78. The first-order valence-electron chi connectivity index (χ1n) is 6.94. The first kappa shape index (κ1) is 13.1. The summed E-state index contributed by atoms with van der Waals surface area (Å²) in [6, 6.07) is 4.21. The van der Waals surface area contributed by atoms with Crippen molar-refractivity contribution in [1.29, 1.82) is 0 Å². The lowest BCUT2D eigenvalue weighted by atomic mass is 10.1. The maximum Gasteiger partial charge on any atom is 0.249 e. The molecular weight excluding hydrogens is 259 g/mol. The molecule has 2 amide bonds. The van der Waals surface area contributed by atoms with Crippen LogP contribution in [0.5, 0.6) is 0 Å². The van der Waals surface area contributed by atoms with Crippen LogP contribution < -0.4 is 4.90 Å². The number of fused-ring (bicyclic) bond motifs is 1. The van der Waals surface area contributed by atoms with Gasteiger partial charge in [0.1, 0.15) is 11.9 Å². The zero-order valence-electron chi connectivity index (χ0n) is 11.4. The molecule has 5 heteroatoms. The van der Waals surface area contributed by atoms with E-state index in [1.165, 1.54) is 12.1 Å². The molecule has 0 aromatic heterocycles. The molecule has 0 aliphatic carbocycles. The number of hydrogen-bond donors (Lipinski definition) is 0. The summed E-state index contributed by atoms with van der Waals surface area (Å²) in [5.74, 6) is -0.415. The number of carbonyl (C=O) groups excluding carboxylic acids is 2. The van der Waals surface area contributed by atoms with Crippen molar-refractivity contribution in [3.8, 4) is 0 Å². The van der Waals surface area contributed by atoms with E-state index < -0.39 is 0 Å². The Hall–Kier alpha value is -1.91. The van der Waals surface area contributed by atoms with Gasteiger partial charge in [0, 0.05) is 25.2 Å². The maximum absolute atomic E-state index is 13.5. The minimum absolute atomic E-state index is 0.0245. The standard InChI is InChI=1S/C15H17FN2O2/c1-10-7-11(16)9-12(8-10)17-6-4-14(19)18-5-2-3-13(18)15(17)20/h7-9,13H,2-6H2,1H3. The average Bonchev–Trinajstić information content (AvgIpc) is 2.82. The second kappa shape index (κ2) is 4.89. The lowest BCUT2D eigenvalue weighted by molar-refractivity contribution is -0.135. The molecule has 2 heterocycles. The Bertz CT molecular complexity index is 553. The highest BCUT2D eigenvalue weighted by atomic mass is 19.1. The fourth-order valence-electron chi connectivity index (χ4n) is 3.09. The molecule has 0 N–H and O–H groups in total. The van der Waals surface area contributed by atoms with Gasteiger partial charge in [-0.3, -0.25) is 9.59 Å². The van der Waals surface area contributed by atoms with Gasteiger partial charge in [-0.25, -0.2) is 4.39 Å². The van der Waals surface area contributed by atoms with Gasteiger partial charge in [-0.05, 0) is 43.5 Å². The van der Waals surface area contributed by atoms with Crippen LogP contribution >= 0.6 is 0 Å². The molecule has 0 spiro atoms. The summed E-state index contributed by atoms with van der Waals surface area (Å²) in [6.07, 6.45) is 1.87. The minimum Gasteiger partial charge on any atom is -0.331 e. The second-order valence-corrected chi connectivity index (χ2v) is 5.47. The number of benzene rings is 1. The Morgan fingerprint density at radius 2 is 2.00 bits per heavy atom. The van der Waals surface area contributed by atoms with Crippen molar-refractivity contribution in [2.45, 2.75) is 32.2 Å². The Labute approximate surface area is 117 Å². The minimum atomic E-state index is -0.367. The highest BCUT2D eigenvalue weighted by molar-refractivity contribution is 6.01. The highest BCUT2D eigenvalue weighted by Gasteiger charge is 2.39. The van der Waals surface area contributed by atoms with Gasteiger partial charge in [0.15, 0.2) is 0 Å². The number of hydrogen-bond acceptors (Lipinski definition) is 2. The van der Waals surface area contributed by atoms with Crippen LogP contribution in [-0.4, -0.2) is 35.8 Å². The van der Waals surface area contributed by atoms with Crippen LogP contribution in [0.3, 0.4) is 0 Å². The topological polar surface area (TPSA) is 40.6 Å². The summed E-state index contributed by atoms with van der Waals surface area (Å²) >= 11 is 0. The van der Waals surface area contributed by atoms with Crippen LogP contribution in [-0.2, 0) is 9.59 Å². The van der Waals surface area contributed by atoms with Crippen LogP contribution in [0.1, 0.15) is 24.8 Å². The molecule has 0 bridgehead atoms. The van der Waals surface area contributed by atoms with E-state index in [1.54, 1.807) is 22.8 Å². The van der Waals surface area contributed by atoms with E-state index >= 15 is 0 Å². The fraction of sp³-hybridized carbons (Fsp3) is 0.467. The third-order valence-electron chi connectivity index (χ3n) is 4.01. The van der Waals surface area contributed by atoms with Crippen molar-refractivity contribution in [2.75, 3.05) is 18.0 Å². The molecule has 2 aliphatic heterocycles. The van der Waals surface area contributed by atoms with E-state index in [0.29, 0.717) is 31.6 Å². The molecule has 1 aromatic carbocycles. The van der Waals surface area contributed by atoms with E-state index in [1.807, 2.05) is 0 Å². The Morgan fingerprint density at radius 3 is 2.75 bits per heavy atom. The smallest absolute Gasteiger partial charge is 0.249 e. The summed E-state index contributed by atoms with van der Waals surface area (Å²) in [5, 5.41) is 0. The molecule has 106 valence electrons. The van der Waals surface area contributed by atoms with E-state index in [-0.39, 0.29) is 23.7 Å². The van der Waals surface area contributed by atoms with Crippen molar-refractivity contribution in [3.63, 3.8) is 0 Å². The first-order valence-corrected chi connectivity index (χ1v) is 6.94. The van der Waals surface area contributed by atoms with Crippen molar-refractivity contribution in [1.82, 2.24) is 4.90 Å². The zero-order chi connectivity index (χ0) is 14.3. The number of halogens is 1. The quantitative estimate of drug-likeness (QED) is 0.785. The molecule has 2 saturated heterocycles.